The highest BCUT2D eigenvalue weighted by Crippen LogP contribution is 2.23. The topological polar surface area (TPSA) is 38.8 Å². The van der Waals surface area contributed by atoms with Crippen LogP contribution in [0.25, 0.3) is 0 Å². The van der Waals surface area contributed by atoms with Gasteiger partial charge in [0.2, 0.25) is 0 Å². The van der Waals surface area contributed by atoms with Gasteiger partial charge in [-0.05, 0) is 52.7 Å². The van der Waals surface area contributed by atoms with Crippen molar-refractivity contribution in [3.05, 3.63) is 58.6 Å². The van der Waals surface area contributed by atoms with Gasteiger partial charge in [0.05, 0.1) is 11.1 Å². The number of benzene rings is 2. The summed E-state index contributed by atoms with van der Waals surface area (Å²) in [5.41, 5.74) is 1.05. The SMILES string of the molecule is CCOc1ccc(CN(C)C(=O)COc2ccccc2Br)cc1. The van der Waals surface area contributed by atoms with Crippen molar-refractivity contribution in [3.8, 4) is 11.5 Å². The van der Waals surface area contributed by atoms with E-state index in [2.05, 4.69) is 15.9 Å². The summed E-state index contributed by atoms with van der Waals surface area (Å²) < 4.78 is 11.8. The molecule has 122 valence electrons. The molecule has 0 radical (unpaired) electrons. The maximum Gasteiger partial charge on any atom is 0.260 e. The second-order valence-corrected chi connectivity index (χ2v) is 5.90. The highest BCUT2D eigenvalue weighted by molar-refractivity contribution is 9.10. The van der Waals surface area contributed by atoms with Gasteiger partial charge in [0.15, 0.2) is 6.61 Å². The van der Waals surface area contributed by atoms with Gasteiger partial charge in [-0.25, -0.2) is 0 Å². The Labute approximate surface area is 145 Å². The molecule has 0 spiro atoms. The minimum Gasteiger partial charge on any atom is -0.494 e. The molecule has 0 saturated heterocycles. The molecule has 23 heavy (non-hydrogen) atoms. The van der Waals surface area contributed by atoms with E-state index in [4.69, 9.17) is 9.47 Å². The lowest BCUT2D eigenvalue weighted by molar-refractivity contribution is -0.132. The number of hydrogen-bond acceptors (Lipinski definition) is 3. The lowest BCUT2D eigenvalue weighted by Gasteiger charge is -2.18. The third kappa shape index (κ3) is 5.28. The molecule has 0 unspecified atom stereocenters. The molecule has 2 aromatic rings. The fraction of sp³-hybridized carbons (Fsp3) is 0.278. The Morgan fingerprint density at radius 3 is 2.43 bits per heavy atom. The zero-order valence-electron chi connectivity index (χ0n) is 13.3. The third-order valence-electron chi connectivity index (χ3n) is 3.27. The number of hydrogen-bond donors (Lipinski definition) is 0. The van der Waals surface area contributed by atoms with Crippen LogP contribution >= 0.6 is 15.9 Å². The number of amides is 1. The number of halogens is 1. The first-order chi connectivity index (χ1) is 11.1. The highest BCUT2D eigenvalue weighted by atomic mass is 79.9. The number of ether oxygens (including phenoxy) is 2. The number of para-hydroxylation sites is 1. The van der Waals surface area contributed by atoms with Crippen LogP contribution in [0.4, 0.5) is 0 Å². The van der Waals surface area contributed by atoms with E-state index in [0.717, 1.165) is 15.8 Å². The predicted octanol–water partition coefficient (Wildman–Crippen LogP) is 3.89. The van der Waals surface area contributed by atoms with E-state index in [1.54, 1.807) is 11.9 Å². The molecular weight excluding hydrogens is 358 g/mol. The number of rotatable bonds is 7. The number of nitrogens with zero attached hydrogens (tertiary/aromatic N) is 1. The quantitative estimate of drug-likeness (QED) is 0.734. The van der Waals surface area contributed by atoms with Crippen LogP contribution in [0.2, 0.25) is 0 Å². The summed E-state index contributed by atoms with van der Waals surface area (Å²) in [7, 11) is 1.77. The molecule has 0 aliphatic rings. The van der Waals surface area contributed by atoms with Gasteiger partial charge in [-0.15, -0.1) is 0 Å². The molecule has 0 heterocycles. The molecule has 2 aromatic carbocycles. The fourth-order valence-corrected chi connectivity index (χ4v) is 2.43. The van der Waals surface area contributed by atoms with Crippen LogP contribution in [0.3, 0.4) is 0 Å². The van der Waals surface area contributed by atoms with Crippen molar-refractivity contribution < 1.29 is 14.3 Å². The van der Waals surface area contributed by atoms with E-state index >= 15 is 0 Å². The van der Waals surface area contributed by atoms with Gasteiger partial charge in [0, 0.05) is 13.6 Å². The molecule has 0 atom stereocenters. The van der Waals surface area contributed by atoms with Gasteiger partial charge in [0.1, 0.15) is 11.5 Å². The minimum atomic E-state index is -0.0744. The Kier molecular flexibility index (Phi) is 6.47. The maximum atomic E-state index is 12.2. The second-order valence-electron chi connectivity index (χ2n) is 5.05. The molecule has 0 aliphatic heterocycles. The van der Waals surface area contributed by atoms with Gasteiger partial charge in [-0.2, -0.15) is 0 Å². The molecule has 4 nitrogen and oxygen atoms in total. The summed E-state index contributed by atoms with van der Waals surface area (Å²) in [4.78, 5) is 13.8. The largest absolute Gasteiger partial charge is 0.494 e. The zero-order valence-corrected chi connectivity index (χ0v) is 14.9. The summed E-state index contributed by atoms with van der Waals surface area (Å²) in [6.45, 7) is 3.14. The minimum absolute atomic E-state index is 0.0101. The van der Waals surface area contributed by atoms with Crippen LogP contribution in [0, 0.1) is 0 Å². The van der Waals surface area contributed by atoms with Gasteiger partial charge < -0.3 is 14.4 Å². The molecule has 0 bridgehead atoms. The van der Waals surface area contributed by atoms with Crippen molar-refractivity contribution in [2.45, 2.75) is 13.5 Å². The Balaban J connectivity index is 1.86. The van der Waals surface area contributed by atoms with Crippen molar-refractivity contribution in [3.63, 3.8) is 0 Å². The first-order valence-corrected chi connectivity index (χ1v) is 8.22. The van der Waals surface area contributed by atoms with Crippen molar-refractivity contribution in [1.82, 2.24) is 4.90 Å². The standard InChI is InChI=1S/C18H20BrNO3/c1-3-22-15-10-8-14(9-11-15)12-20(2)18(21)13-23-17-7-5-4-6-16(17)19/h4-11H,3,12-13H2,1-2H3. The Hall–Kier alpha value is -2.01. The highest BCUT2D eigenvalue weighted by Gasteiger charge is 2.11. The molecule has 0 saturated carbocycles. The Bertz CT molecular complexity index is 643. The summed E-state index contributed by atoms with van der Waals surface area (Å²) >= 11 is 3.39. The fourth-order valence-electron chi connectivity index (χ4n) is 2.03. The normalized spacial score (nSPS) is 10.2. The van der Waals surface area contributed by atoms with Crippen molar-refractivity contribution in [2.75, 3.05) is 20.3 Å². The average Bonchev–Trinajstić information content (AvgIpc) is 2.56. The van der Waals surface area contributed by atoms with Crippen LogP contribution in [-0.2, 0) is 11.3 Å². The smallest absolute Gasteiger partial charge is 0.260 e. The van der Waals surface area contributed by atoms with Crippen molar-refractivity contribution in [1.29, 1.82) is 0 Å². The summed E-state index contributed by atoms with van der Waals surface area (Å²) in [6.07, 6.45) is 0. The summed E-state index contributed by atoms with van der Waals surface area (Å²) in [5.74, 6) is 1.42. The van der Waals surface area contributed by atoms with E-state index in [1.807, 2.05) is 55.5 Å². The Morgan fingerprint density at radius 1 is 1.09 bits per heavy atom. The molecule has 5 heteroatoms. The number of likely N-dealkylation sites (N-methyl/N-ethyl adjacent to an activating group) is 1. The van der Waals surface area contributed by atoms with Gasteiger partial charge in [-0.1, -0.05) is 24.3 Å². The van der Waals surface area contributed by atoms with Gasteiger partial charge >= 0.3 is 0 Å². The third-order valence-corrected chi connectivity index (χ3v) is 3.92. The zero-order chi connectivity index (χ0) is 16.7. The monoisotopic (exact) mass is 377 g/mol. The van der Waals surface area contributed by atoms with Crippen LogP contribution in [0.15, 0.2) is 53.0 Å². The van der Waals surface area contributed by atoms with Gasteiger partial charge in [0.25, 0.3) is 5.91 Å². The van der Waals surface area contributed by atoms with Gasteiger partial charge in [-0.3, -0.25) is 4.79 Å². The van der Waals surface area contributed by atoms with Crippen molar-refractivity contribution in [2.24, 2.45) is 0 Å². The van der Waals surface area contributed by atoms with Crippen molar-refractivity contribution >= 4 is 21.8 Å². The van der Waals surface area contributed by atoms with E-state index in [-0.39, 0.29) is 12.5 Å². The van der Waals surface area contributed by atoms with Crippen LogP contribution in [-0.4, -0.2) is 31.1 Å². The first-order valence-electron chi connectivity index (χ1n) is 7.43. The lowest BCUT2D eigenvalue weighted by Crippen LogP contribution is -2.31. The van der Waals surface area contributed by atoms with E-state index in [1.165, 1.54) is 0 Å². The second kappa shape index (κ2) is 8.58. The molecule has 0 aliphatic carbocycles. The number of carbonyl (C=O) groups is 1. The molecule has 1 amide bonds. The molecular formula is C18H20BrNO3. The van der Waals surface area contributed by atoms with E-state index in [0.29, 0.717) is 18.9 Å². The molecule has 0 fully saturated rings. The molecule has 0 aromatic heterocycles. The van der Waals surface area contributed by atoms with E-state index in [9.17, 15) is 4.79 Å². The summed E-state index contributed by atoms with van der Waals surface area (Å²) in [5, 5.41) is 0. The van der Waals surface area contributed by atoms with E-state index < -0.39 is 0 Å². The van der Waals surface area contributed by atoms with Crippen LogP contribution in [0.1, 0.15) is 12.5 Å². The lowest BCUT2D eigenvalue weighted by atomic mass is 10.2. The van der Waals surface area contributed by atoms with Crippen LogP contribution < -0.4 is 9.47 Å². The Morgan fingerprint density at radius 2 is 1.78 bits per heavy atom. The predicted molar refractivity (Wildman–Crippen MR) is 93.7 cm³/mol. The van der Waals surface area contributed by atoms with Crippen LogP contribution in [0.5, 0.6) is 11.5 Å². The number of carbonyl (C=O) groups excluding carboxylic acids is 1. The summed E-state index contributed by atoms with van der Waals surface area (Å²) in [6, 6.07) is 15.2. The maximum absolute atomic E-state index is 12.2. The molecule has 2 rings (SSSR count). The first kappa shape index (κ1) is 17.3. The average molecular weight is 378 g/mol. The molecule has 0 N–H and O–H groups in total.